The summed E-state index contributed by atoms with van der Waals surface area (Å²) in [5.74, 6) is 0.651. The van der Waals surface area contributed by atoms with E-state index >= 15 is 0 Å². The fourth-order valence-corrected chi connectivity index (χ4v) is 2.67. The van der Waals surface area contributed by atoms with Gasteiger partial charge in [0.25, 0.3) is 0 Å². The van der Waals surface area contributed by atoms with Crippen molar-refractivity contribution in [1.29, 1.82) is 0 Å². The van der Waals surface area contributed by atoms with E-state index in [0.29, 0.717) is 11.6 Å². The number of anilines is 1. The number of piperidine rings is 1. The topological polar surface area (TPSA) is 68.5 Å². The molecule has 1 fully saturated rings. The standard InChI is InChI=1S/C17H27N3O2/c1-17(2,3)22-16(21)20-10-8-13(9-11-20)4-6-15-7-5-14(18)12-19-15/h5,7,12-13H,4,6,8-11,18H2,1-3H3. The smallest absolute Gasteiger partial charge is 0.410 e. The SMILES string of the molecule is CC(C)(C)OC(=O)N1CCC(CCc2ccc(N)cn2)CC1. The molecule has 22 heavy (non-hydrogen) atoms. The number of nitrogens with two attached hydrogens (primary N) is 1. The minimum atomic E-state index is -0.422. The molecule has 1 aromatic rings. The Morgan fingerprint density at radius 3 is 2.59 bits per heavy atom. The van der Waals surface area contributed by atoms with Gasteiger partial charge >= 0.3 is 6.09 Å². The Kier molecular flexibility index (Phi) is 5.27. The van der Waals surface area contributed by atoms with Crippen LogP contribution in [-0.2, 0) is 11.2 Å². The highest BCUT2D eigenvalue weighted by Gasteiger charge is 2.26. The Hall–Kier alpha value is -1.78. The average Bonchev–Trinajstić information content (AvgIpc) is 2.45. The summed E-state index contributed by atoms with van der Waals surface area (Å²) in [5.41, 5.74) is 7.01. The van der Waals surface area contributed by atoms with Crippen molar-refractivity contribution in [2.75, 3.05) is 18.8 Å². The lowest BCUT2D eigenvalue weighted by Crippen LogP contribution is -2.41. The third kappa shape index (κ3) is 5.20. The van der Waals surface area contributed by atoms with Gasteiger partial charge in [0.2, 0.25) is 0 Å². The highest BCUT2D eigenvalue weighted by Crippen LogP contribution is 2.23. The van der Waals surface area contributed by atoms with Crippen molar-refractivity contribution in [1.82, 2.24) is 9.88 Å². The van der Waals surface area contributed by atoms with Crippen LogP contribution in [0, 0.1) is 5.92 Å². The predicted octanol–water partition coefficient (Wildman–Crippen LogP) is 3.24. The number of aryl methyl sites for hydroxylation is 1. The van der Waals surface area contributed by atoms with Crippen molar-refractivity contribution in [2.45, 2.75) is 52.1 Å². The molecule has 0 saturated carbocycles. The third-order valence-corrected chi connectivity index (χ3v) is 3.92. The third-order valence-electron chi connectivity index (χ3n) is 3.92. The van der Waals surface area contributed by atoms with Gasteiger partial charge in [-0.2, -0.15) is 0 Å². The minimum Gasteiger partial charge on any atom is -0.444 e. The Balaban J connectivity index is 1.73. The van der Waals surface area contributed by atoms with Crippen LogP contribution in [0.5, 0.6) is 0 Å². The van der Waals surface area contributed by atoms with Crippen molar-refractivity contribution < 1.29 is 9.53 Å². The molecule has 1 aliphatic heterocycles. The minimum absolute atomic E-state index is 0.189. The fraction of sp³-hybridized carbons (Fsp3) is 0.647. The van der Waals surface area contributed by atoms with E-state index in [1.807, 2.05) is 37.8 Å². The second kappa shape index (κ2) is 6.99. The van der Waals surface area contributed by atoms with Gasteiger partial charge in [-0.15, -0.1) is 0 Å². The van der Waals surface area contributed by atoms with E-state index in [2.05, 4.69) is 4.98 Å². The van der Waals surface area contributed by atoms with E-state index in [0.717, 1.165) is 44.5 Å². The van der Waals surface area contributed by atoms with Crippen LogP contribution in [0.4, 0.5) is 10.5 Å². The van der Waals surface area contributed by atoms with Crippen LogP contribution >= 0.6 is 0 Å². The molecule has 2 rings (SSSR count). The highest BCUT2D eigenvalue weighted by molar-refractivity contribution is 5.68. The van der Waals surface area contributed by atoms with Gasteiger partial charge in [-0.1, -0.05) is 0 Å². The molecule has 5 heteroatoms. The first kappa shape index (κ1) is 16.6. The first-order valence-corrected chi connectivity index (χ1v) is 8.02. The monoisotopic (exact) mass is 305 g/mol. The Bertz CT molecular complexity index is 486. The molecular weight excluding hydrogens is 278 g/mol. The zero-order valence-corrected chi connectivity index (χ0v) is 13.8. The van der Waals surface area contributed by atoms with Crippen LogP contribution in [-0.4, -0.2) is 34.7 Å². The molecule has 0 bridgehead atoms. The summed E-state index contributed by atoms with van der Waals surface area (Å²) in [4.78, 5) is 18.2. The predicted molar refractivity (Wildman–Crippen MR) is 87.5 cm³/mol. The van der Waals surface area contributed by atoms with Gasteiger partial charge in [0.1, 0.15) is 5.60 Å². The molecule has 1 aliphatic rings. The number of amides is 1. The maximum absolute atomic E-state index is 12.0. The molecular formula is C17H27N3O2. The van der Waals surface area contributed by atoms with Crippen molar-refractivity contribution in [2.24, 2.45) is 5.92 Å². The largest absolute Gasteiger partial charge is 0.444 e. The van der Waals surface area contributed by atoms with Gasteiger partial charge in [0.15, 0.2) is 0 Å². The number of rotatable bonds is 3. The number of nitrogen functional groups attached to an aromatic ring is 1. The van der Waals surface area contributed by atoms with Gasteiger partial charge < -0.3 is 15.4 Å². The Labute approximate surface area is 132 Å². The fourth-order valence-electron chi connectivity index (χ4n) is 2.67. The molecule has 2 heterocycles. The van der Waals surface area contributed by atoms with E-state index in [1.54, 1.807) is 6.20 Å². The molecule has 0 spiro atoms. The van der Waals surface area contributed by atoms with Gasteiger partial charge in [0, 0.05) is 18.8 Å². The molecule has 1 saturated heterocycles. The number of nitrogens with zero attached hydrogens (tertiary/aromatic N) is 2. The first-order chi connectivity index (χ1) is 10.3. The molecule has 0 aliphatic carbocycles. The molecule has 122 valence electrons. The van der Waals surface area contributed by atoms with Crippen LogP contribution in [0.3, 0.4) is 0 Å². The average molecular weight is 305 g/mol. The maximum Gasteiger partial charge on any atom is 0.410 e. The van der Waals surface area contributed by atoms with E-state index < -0.39 is 5.60 Å². The van der Waals surface area contributed by atoms with Gasteiger partial charge in [-0.25, -0.2) is 4.79 Å². The van der Waals surface area contributed by atoms with Crippen molar-refractivity contribution in [3.05, 3.63) is 24.0 Å². The number of aromatic nitrogens is 1. The van der Waals surface area contributed by atoms with E-state index in [4.69, 9.17) is 10.5 Å². The zero-order chi connectivity index (χ0) is 16.2. The molecule has 0 aromatic carbocycles. The summed E-state index contributed by atoms with van der Waals surface area (Å²) < 4.78 is 5.42. The van der Waals surface area contributed by atoms with Gasteiger partial charge in [-0.05, 0) is 64.5 Å². The maximum atomic E-state index is 12.0. The van der Waals surface area contributed by atoms with E-state index in [9.17, 15) is 4.79 Å². The van der Waals surface area contributed by atoms with Crippen LogP contribution in [0.25, 0.3) is 0 Å². The number of carbonyl (C=O) groups excluding carboxylic acids is 1. The lowest BCUT2D eigenvalue weighted by Gasteiger charge is -2.33. The molecule has 0 atom stereocenters. The molecule has 5 nitrogen and oxygen atoms in total. The van der Waals surface area contributed by atoms with Crippen molar-refractivity contribution in [3.8, 4) is 0 Å². The second-order valence-corrected chi connectivity index (χ2v) is 7.03. The summed E-state index contributed by atoms with van der Waals surface area (Å²) in [6, 6.07) is 3.89. The molecule has 0 unspecified atom stereocenters. The molecule has 0 radical (unpaired) electrons. The summed E-state index contributed by atoms with van der Waals surface area (Å²) in [6.07, 6.45) is 5.67. The highest BCUT2D eigenvalue weighted by atomic mass is 16.6. The van der Waals surface area contributed by atoms with E-state index in [-0.39, 0.29) is 6.09 Å². The second-order valence-electron chi connectivity index (χ2n) is 7.03. The van der Waals surface area contributed by atoms with Crippen molar-refractivity contribution >= 4 is 11.8 Å². The van der Waals surface area contributed by atoms with Crippen LogP contribution in [0.2, 0.25) is 0 Å². The number of likely N-dealkylation sites (tertiary alicyclic amines) is 1. The number of hydrogen-bond donors (Lipinski definition) is 1. The Morgan fingerprint density at radius 2 is 2.05 bits per heavy atom. The zero-order valence-electron chi connectivity index (χ0n) is 13.8. The van der Waals surface area contributed by atoms with Crippen LogP contribution < -0.4 is 5.73 Å². The number of pyridine rings is 1. The summed E-state index contributed by atoms with van der Waals surface area (Å²) in [6.45, 7) is 7.27. The summed E-state index contributed by atoms with van der Waals surface area (Å²) >= 11 is 0. The summed E-state index contributed by atoms with van der Waals surface area (Å²) in [5, 5.41) is 0. The Morgan fingerprint density at radius 1 is 1.36 bits per heavy atom. The number of ether oxygens (including phenoxy) is 1. The van der Waals surface area contributed by atoms with Gasteiger partial charge in [0.05, 0.1) is 11.9 Å². The van der Waals surface area contributed by atoms with E-state index in [1.165, 1.54) is 0 Å². The lowest BCUT2D eigenvalue weighted by atomic mass is 9.91. The van der Waals surface area contributed by atoms with Gasteiger partial charge in [-0.3, -0.25) is 4.98 Å². The molecule has 1 amide bonds. The van der Waals surface area contributed by atoms with Crippen molar-refractivity contribution in [3.63, 3.8) is 0 Å². The number of carbonyl (C=O) groups is 1. The first-order valence-electron chi connectivity index (χ1n) is 8.02. The normalized spacial score (nSPS) is 16.6. The lowest BCUT2D eigenvalue weighted by molar-refractivity contribution is 0.0181. The quantitative estimate of drug-likeness (QED) is 0.930. The molecule has 2 N–H and O–H groups in total. The number of hydrogen-bond acceptors (Lipinski definition) is 4. The van der Waals surface area contributed by atoms with Crippen LogP contribution in [0.15, 0.2) is 18.3 Å². The molecule has 1 aromatic heterocycles. The van der Waals surface area contributed by atoms with Crippen LogP contribution in [0.1, 0.15) is 45.7 Å². The summed E-state index contributed by atoms with van der Waals surface area (Å²) in [7, 11) is 0.